The average Bonchev–Trinajstić information content (AvgIpc) is 2.41. The summed E-state index contributed by atoms with van der Waals surface area (Å²) < 4.78 is 0. The Morgan fingerprint density at radius 1 is 1.06 bits per heavy atom. The Bertz CT molecular complexity index is 381. The monoisotopic (exact) mass is 251 g/mol. The van der Waals surface area contributed by atoms with E-state index in [4.69, 9.17) is 0 Å². The standard InChI is InChI=1S/C12H17N3O3/c1-18-15-9-12(17)14-8-11(16)13-7-10-5-3-2-4-6-10/h2-6,15H,7-9H2,1H3,(H,13,16)(H,14,17). The Morgan fingerprint density at radius 3 is 2.39 bits per heavy atom. The van der Waals surface area contributed by atoms with Gasteiger partial charge in [0, 0.05) is 6.54 Å². The van der Waals surface area contributed by atoms with Gasteiger partial charge in [-0.2, -0.15) is 5.48 Å². The van der Waals surface area contributed by atoms with E-state index >= 15 is 0 Å². The zero-order chi connectivity index (χ0) is 13.2. The smallest absolute Gasteiger partial charge is 0.239 e. The first-order chi connectivity index (χ1) is 8.72. The molecule has 0 aliphatic rings. The maximum Gasteiger partial charge on any atom is 0.239 e. The van der Waals surface area contributed by atoms with E-state index in [1.54, 1.807) is 0 Å². The van der Waals surface area contributed by atoms with E-state index in [1.807, 2.05) is 30.3 Å². The minimum Gasteiger partial charge on any atom is -0.350 e. The van der Waals surface area contributed by atoms with Gasteiger partial charge in [-0.1, -0.05) is 30.3 Å². The first-order valence-corrected chi connectivity index (χ1v) is 5.55. The quantitative estimate of drug-likeness (QED) is 0.575. The third kappa shape index (κ3) is 5.97. The predicted molar refractivity (Wildman–Crippen MR) is 66.3 cm³/mol. The van der Waals surface area contributed by atoms with Crippen LogP contribution in [0, 0.1) is 0 Å². The molecule has 6 heteroatoms. The predicted octanol–water partition coefficient (Wildman–Crippen LogP) is -0.430. The zero-order valence-electron chi connectivity index (χ0n) is 10.2. The fourth-order valence-electron chi connectivity index (χ4n) is 1.24. The summed E-state index contributed by atoms with van der Waals surface area (Å²) in [6, 6.07) is 9.55. The van der Waals surface area contributed by atoms with Crippen LogP contribution in [0.1, 0.15) is 5.56 Å². The summed E-state index contributed by atoms with van der Waals surface area (Å²) in [5.41, 5.74) is 3.40. The minimum atomic E-state index is -0.299. The fraction of sp³-hybridized carbons (Fsp3) is 0.333. The van der Waals surface area contributed by atoms with E-state index in [0.717, 1.165) is 5.56 Å². The summed E-state index contributed by atoms with van der Waals surface area (Å²) in [4.78, 5) is 27.1. The van der Waals surface area contributed by atoms with Gasteiger partial charge in [0.05, 0.1) is 20.2 Å². The van der Waals surface area contributed by atoms with Crippen molar-refractivity contribution < 1.29 is 14.4 Å². The Balaban J connectivity index is 2.16. The minimum absolute atomic E-state index is 0.0163. The van der Waals surface area contributed by atoms with E-state index in [2.05, 4.69) is 21.0 Å². The van der Waals surface area contributed by atoms with Crippen molar-refractivity contribution in [2.45, 2.75) is 6.54 Å². The van der Waals surface area contributed by atoms with Crippen LogP contribution >= 0.6 is 0 Å². The summed E-state index contributed by atoms with van der Waals surface area (Å²) >= 11 is 0. The SMILES string of the molecule is CONCC(=O)NCC(=O)NCc1ccccc1. The molecule has 1 aromatic rings. The average molecular weight is 251 g/mol. The van der Waals surface area contributed by atoms with Crippen molar-refractivity contribution in [3.05, 3.63) is 35.9 Å². The number of nitrogens with one attached hydrogen (secondary N) is 3. The third-order valence-electron chi connectivity index (χ3n) is 2.16. The van der Waals surface area contributed by atoms with E-state index in [0.29, 0.717) is 6.54 Å². The lowest BCUT2D eigenvalue weighted by atomic mass is 10.2. The molecule has 0 atom stereocenters. The molecule has 0 aliphatic heterocycles. The Morgan fingerprint density at radius 2 is 1.72 bits per heavy atom. The molecule has 0 saturated carbocycles. The molecule has 0 heterocycles. The lowest BCUT2D eigenvalue weighted by Gasteiger charge is -2.07. The van der Waals surface area contributed by atoms with Gasteiger partial charge in [0.1, 0.15) is 0 Å². The van der Waals surface area contributed by atoms with Crippen molar-refractivity contribution in [3.8, 4) is 0 Å². The first-order valence-electron chi connectivity index (χ1n) is 5.55. The molecule has 0 radical (unpaired) electrons. The Hall–Kier alpha value is -1.92. The van der Waals surface area contributed by atoms with Gasteiger partial charge in [-0.25, -0.2) is 0 Å². The molecule has 0 saturated heterocycles. The zero-order valence-corrected chi connectivity index (χ0v) is 10.2. The molecule has 2 amide bonds. The molecule has 0 unspecified atom stereocenters. The van der Waals surface area contributed by atoms with Gasteiger partial charge >= 0.3 is 0 Å². The second-order valence-corrected chi connectivity index (χ2v) is 3.56. The van der Waals surface area contributed by atoms with Gasteiger partial charge in [0.25, 0.3) is 0 Å². The first kappa shape index (κ1) is 14.1. The highest BCUT2D eigenvalue weighted by Gasteiger charge is 2.04. The molecule has 1 rings (SSSR count). The van der Waals surface area contributed by atoms with E-state index in [1.165, 1.54) is 7.11 Å². The summed E-state index contributed by atoms with van der Waals surface area (Å²) in [7, 11) is 1.42. The molecule has 1 aromatic carbocycles. The molecule has 0 bridgehead atoms. The van der Waals surface area contributed by atoms with Crippen LogP contribution in [0.3, 0.4) is 0 Å². The number of hydrogen-bond donors (Lipinski definition) is 3. The van der Waals surface area contributed by atoms with Crippen molar-refractivity contribution in [2.75, 3.05) is 20.2 Å². The molecule has 3 N–H and O–H groups in total. The van der Waals surface area contributed by atoms with Crippen molar-refractivity contribution in [1.82, 2.24) is 16.1 Å². The van der Waals surface area contributed by atoms with Crippen molar-refractivity contribution >= 4 is 11.8 Å². The number of hydrogen-bond acceptors (Lipinski definition) is 4. The lowest BCUT2D eigenvalue weighted by Crippen LogP contribution is -2.40. The summed E-state index contributed by atoms with van der Waals surface area (Å²) in [6.45, 7) is 0.422. The summed E-state index contributed by atoms with van der Waals surface area (Å²) in [5.74, 6) is -0.531. The molecule has 0 aliphatic carbocycles. The van der Waals surface area contributed by atoms with Crippen molar-refractivity contribution in [3.63, 3.8) is 0 Å². The third-order valence-corrected chi connectivity index (χ3v) is 2.16. The van der Waals surface area contributed by atoms with Crippen LogP contribution < -0.4 is 16.1 Å². The van der Waals surface area contributed by atoms with Gasteiger partial charge in [-0.3, -0.25) is 9.59 Å². The highest BCUT2D eigenvalue weighted by molar-refractivity contribution is 5.85. The molecular formula is C12H17N3O3. The molecule has 0 spiro atoms. The second-order valence-electron chi connectivity index (χ2n) is 3.56. The fourth-order valence-corrected chi connectivity index (χ4v) is 1.24. The van der Waals surface area contributed by atoms with Gasteiger partial charge in [0.15, 0.2) is 0 Å². The molecular weight excluding hydrogens is 234 g/mol. The van der Waals surface area contributed by atoms with E-state index in [-0.39, 0.29) is 24.9 Å². The Labute approximate surface area is 106 Å². The summed E-state index contributed by atoms with van der Waals surface area (Å²) in [6.07, 6.45) is 0. The molecule has 18 heavy (non-hydrogen) atoms. The molecule has 0 fully saturated rings. The van der Waals surface area contributed by atoms with Crippen LogP contribution in [0.2, 0.25) is 0 Å². The lowest BCUT2D eigenvalue weighted by molar-refractivity contribution is -0.126. The van der Waals surface area contributed by atoms with Crippen LogP contribution in [-0.2, 0) is 21.0 Å². The second kappa shape index (κ2) is 8.21. The van der Waals surface area contributed by atoms with Gasteiger partial charge in [-0.05, 0) is 5.56 Å². The van der Waals surface area contributed by atoms with Crippen molar-refractivity contribution in [1.29, 1.82) is 0 Å². The number of carbonyl (C=O) groups is 2. The van der Waals surface area contributed by atoms with Crippen LogP contribution in [-0.4, -0.2) is 32.0 Å². The normalized spacial score (nSPS) is 9.83. The van der Waals surface area contributed by atoms with Crippen LogP contribution in [0.15, 0.2) is 30.3 Å². The van der Waals surface area contributed by atoms with Gasteiger partial charge in [0.2, 0.25) is 11.8 Å². The highest BCUT2D eigenvalue weighted by atomic mass is 16.6. The maximum atomic E-state index is 11.4. The van der Waals surface area contributed by atoms with Crippen LogP contribution in [0.25, 0.3) is 0 Å². The summed E-state index contributed by atoms with van der Waals surface area (Å²) in [5, 5.41) is 5.17. The molecule has 6 nitrogen and oxygen atoms in total. The van der Waals surface area contributed by atoms with Gasteiger partial charge in [-0.15, -0.1) is 0 Å². The van der Waals surface area contributed by atoms with E-state index < -0.39 is 0 Å². The topological polar surface area (TPSA) is 79.5 Å². The van der Waals surface area contributed by atoms with Gasteiger partial charge < -0.3 is 15.5 Å². The molecule has 98 valence electrons. The maximum absolute atomic E-state index is 11.4. The van der Waals surface area contributed by atoms with Crippen molar-refractivity contribution in [2.24, 2.45) is 0 Å². The largest absolute Gasteiger partial charge is 0.350 e. The number of rotatable bonds is 7. The number of amides is 2. The number of hydroxylamine groups is 1. The highest BCUT2D eigenvalue weighted by Crippen LogP contribution is 1.96. The number of benzene rings is 1. The number of carbonyl (C=O) groups excluding carboxylic acids is 2. The Kier molecular flexibility index (Phi) is 6.45. The molecule has 0 aromatic heterocycles. The van der Waals surface area contributed by atoms with E-state index in [9.17, 15) is 9.59 Å². The van der Waals surface area contributed by atoms with Crippen LogP contribution in [0.4, 0.5) is 0 Å². The van der Waals surface area contributed by atoms with Crippen LogP contribution in [0.5, 0.6) is 0 Å².